The molecule has 0 saturated carbocycles. The Balaban J connectivity index is 1.54. The quantitative estimate of drug-likeness (QED) is 0.785. The summed E-state index contributed by atoms with van der Waals surface area (Å²) in [4.78, 5) is 15.6. The molecule has 1 atom stereocenters. The van der Waals surface area contributed by atoms with Crippen molar-refractivity contribution in [2.75, 3.05) is 23.7 Å². The zero-order valence-corrected chi connectivity index (χ0v) is 15.0. The molecule has 6 heteroatoms. The summed E-state index contributed by atoms with van der Waals surface area (Å²) < 4.78 is 2.27. The summed E-state index contributed by atoms with van der Waals surface area (Å²) in [5.41, 5.74) is 8.03. The molecule has 0 amide bonds. The highest BCUT2D eigenvalue weighted by atomic mass is 15.2. The highest BCUT2D eigenvalue weighted by Gasteiger charge is 2.26. The van der Waals surface area contributed by atoms with E-state index >= 15 is 0 Å². The highest BCUT2D eigenvalue weighted by Crippen LogP contribution is 2.29. The van der Waals surface area contributed by atoms with Crippen LogP contribution >= 0.6 is 0 Å². The molecule has 1 aliphatic rings. The largest absolute Gasteiger partial charge is 0.368 e. The van der Waals surface area contributed by atoms with Crippen molar-refractivity contribution >= 4 is 11.8 Å². The lowest BCUT2D eigenvalue weighted by Crippen LogP contribution is -2.36. The minimum atomic E-state index is 0.340. The van der Waals surface area contributed by atoms with Gasteiger partial charge in [-0.25, -0.2) is 9.97 Å². The maximum Gasteiger partial charge on any atom is 0.222 e. The van der Waals surface area contributed by atoms with Gasteiger partial charge in [0.25, 0.3) is 0 Å². The number of aryl methyl sites for hydroxylation is 1. The van der Waals surface area contributed by atoms with E-state index in [0.717, 1.165) is 49.8 Å². The summed E-state index contributed by atoms with van der Waals surface area (Å²) >= 11 is 0. The SMILES string of the molecule is Cc1cc(N2CCCC(c3nccn3Cc3ccccc3)C2)nc(N)n1. The van der Waals surface area contributed by atoms with Gasteiger partial charge >= 0.3 is 0 Å². The van der Waals surface area contributed by atoms with Crippen molar-refractivity contribution in [1.82, 2.24) is 19.5 Å². The van der Waals surface area contributed by atoms with Crippen molar-refractivity contribution in [1.29, 1.82) is 0 Å². The third-order valence-corrected chi connectivity index (χ3v) is 4.91. The fourth-order valence-corrected chi connectivity index (χ4v) is 3.73. The molecular formula is C20H24N6. The average molecular weight is 348 g/mol. The number of rotatable bonds is 4. The van der Waals surface area contributed by atoms with Gasteiger partial charge in [-0.05, 0) is 25.3 Å². The van der Waals surface area contributed by atoms with Crippen LogP contribution in [0.25, 0.3) is 0 Å². The molecule has 1 unspecified atom stereocenters. The standard InChI is InChI=1S/C20H24N6/c1-15-12-18(24-20(21)23-15)25-10-5-8-17(14-25)19-22-9-11-26(19)13-16-6-3-2-4-7-16/h2-4,6-7,9,11-12,17H,5,8,10,13-14H2,1H3,(H2,21,23,24). The van der Waals surface area contributed by atoms with Crippen molar-refractivity contribution < 1.29 is 0 Å². The van der Waals surface area contributed by atoms with Gasteiger partial charge in [0.05, 0.1) is 0 Å². The number of benzene rings is 1. The van der Waals surface area contributed by atoms with E-state index in [0.29, 0.717) is 11.9 Å². The van der Waals surface area contributed by atoms with Gasteiger partial charge in [0.2, 0.25) is 5.95 Å². The normalized spacial score (nSPS) is 17.4. The van der Waals surface area contributed by atoms with Crippen molar-refractivity contribution in [2.24, 2.45) is 0 Å². The Labute approximate surface area is 153 Å². The third kappa shape index (κ3) is 3.54. The number of anilines is 2. The lowest BCUT2D eigenvalue weighted by atomic mass is 9.97. The van der Waals surface area contributed by atoms with E-state index in [1.54, 1.807) is 0 Å². The summed E-state index contributed by atoms with van der Waals surface area (Å²) in [7, 11) is 0. The Bertz CT molecular complexity index is 853. The molecule has 134 valence electrons. The van der Waals surface area contributed by atoms with E-state index in [1.807, 2.05) is 25.3 Å². The third-order valence-electron chi connectivity index (χ3n) is 4.91. The molecule has 0 spiro atoms. The first-order valence-electron chi connectivity index (χ1n) is 9.10. The van der Waals surface area contributed by atoms with Crippen molar-refractivity contribution in [3.8, 4) is 0 Å². The first-order chi connectivity index (χ1) is 12.7. The minimum absolute atomic E-state index is 0.340. The fraction of sp³-hybridized carbons (Fsp3) is 0.350. The van der Waals surface area contributed by atoms with Gasteiger partial charge in [-0.1, -0.05) is 30.3 Å². The molecule has 1 fully saturated rings. The Morgan fingerprint density at radius 3 is 2.85 bits per heavy atom. The van der Waals surface area contributed by atoms with Crippen LogP contribution in [0.4, 0.5) is 11.8 Å². The highest BCUT2D eigenvalue weighted by molar-refractivity contribution is 5.44. The molecule has 1 aromatic carbocycles. The molecule has 0 radical (unpaired) electrons. The summed E-state index contributed by atoms with van der Waals surface area (Å²) in [6.45, 7) is 4.70. The lowest BCUT2D eigenvalue weighted by molar-refractivity contribution is 0.474. The molecule has 4 rings (SSSR count). The first kappa shape index (κ1) is 16.6. The molecule has 6 nitrogen and oxygen atoms in total. The molecule has 26 heavy (non-hydrogen) atoms. The van der Waals surface area contributed by atoms with Crippen LogP contribution in [0.15, 0.2) is 48.8 Å². The molecule has 3 heterocycles. The van der Waals surface area contributed by atoms with Gasteiger partial charge < -0.3 is 15.2 Å². The number of hydrogen-bond donors (Lipinski definition) is 1. The molecule has 1 saturated heterocycles. The predicted molar refractivity (Wildman–Crippen MR) is 103 cm³/mol. The second-order valence-corrected chi connectivity index (χ2v) is 6.91. The molecule has 2 aromatic heterocycles. The first-order valence-corrected chi connectivity index (χ1v) is 9.10. The summed E-state index contributed by atoms with van der Waals surface area (Å²) in [5.74, 6) is 2.80. The topological polar surface area (TPSA) is 72.9 Å². The maximum atomic E-state index is 5.84. The van der Waals surface area contributed by atoms with E-state index in [9.17, 15) is 0 Å². The van der Waals surface area contributed by atoms with E-state index in [4.69, 9.17) is 5.73 Å². The van der Waals surface area contributed by atoms with Crippen LogP contribution < -0.4 is 10.6 Å². The minimum Gasteiger partial charge on any atom is -0.368 e. The molecule has 1 aliphatic heterocycles. The van der Waals surface area contributed by atoms with Crippen molar-refractivity contribution in [3.05, 3.63) is 65.9 Å². The van der Waals surface area contributed by atoms with E-state index in [2.05, 4.69) is 54.9 Å². The van der Waals surface area contributed by atoms with Crippen LogP contribution in [-0.2, 0) is 6.54 Å². The second kappa shape index (κ2) is 7.15. The lowest BCUT2D eigenvalue weighted by Gasteiger charge is -2.33. The predicted octanol–water partition coefficient (Wildman–Crippen LogP) is 3.00. The molecule has 0 bridgehead atoms. The average Bonchev–Trinajstić information content (AvgIpc) is 3.10. The van der Waals surface area contributed by atoms with Crippen LogP contribution in [0.3, 0.4) is 0 Å². The summed E-state index contributed by atoms with van der Waals surface area (Å²) in [6, 6.07) is 12.5. The van der Waals surface area contributed by atoms with Crippen molar-refractivity contribution in [2.45, 2.75) is 32.2 Å². The van der Waals surface area contributed by atoms with Gasteiger partial charge in [0.15, 0.2) is 0 Å². The smallest absolute Gasteiger partial charge is 0.222 e. The monoisotopic (exact) mass is 348 g/mol. The fourth-order valence-electron chi connectivity index (χ4n) is 3.73. The van der Waals surface area contributed by atoms with E-state index < -0.39 is 0 Å². The Kier molecular flexibility index (Phi) is 4.56. The van der Waals surface area contributed by atoms with Crippen LogP contribution in [0.5, 0.6) is 0 Å². The molecule has 3 aromatic rings. The number of nitrogens with zero attached hydrogens (tertiary/aromatic N) is 5. The number of aromatic nitrogens is 4. The molecular weight excluding hydrogens is 324 g/mol. The van der Waals surface area contributed by atoms with Gasteiger partial charge in [-0.15, -0.1) is 0 Å². The Morgan fingerprint density at radius 2 is 2.04 bits per heavy atom. The number of nitrogens with two attached hydrogens (primary N) is 1. The van der Waals surface area contributed by atoms with E-state index in [-0.39, 0.29) is 0 Å². The Hall–Kier alpha value is -2.89. The maximum absolute atomic E-state index is 5.84. The van der Waals surface area contributed by atoms with Gasteiger partial charge in [0.1, 0.15) is 11.6 Å². The molecule has 0 aliphatic carbocycles. The number of piperidine rings is 1. The number of hydrogen-bond acceptors (Lipinski definition) is 5. The number of imidazole rings is 1. The Morgan fingerprint density at radius 1 is 1.19 bits per heavy atom. The van der Waals surface area contributed by atoms with Crippen LogP contribution in [0.1, 0.15) is 35.8 Å². The van der Waals surface area contributed by atoms with Gasteiger partial charge in [-0.2, -0.15) is 4.98 Å². The second-order valence-electron chi connectivity index (χ2n) is 6.91. The zero-order chi connectivity index (χ0) is 17.9. The zero-order valence-electron chi connectivity index (χ0n) is 15.0. The van der Waals surface area contributed by atoms with Gasteiger partial charge in [0, 0.05) is 49.7 Å². The summed E-state index contributed by atoms with van der Waals surface area (Å²) in [5, 5.41) is 0. The summed E-state index contributed by atoms with van der Waals surface area (Å²) in [6.07, 6.45) is 6.24. The van der Waals surface area contributed by atoms with Crippen LogP contribution in [0, 0.1) is 6.92 Å². The number of nitrogen functional groups attached to an aromatic ring is 1. The van der Waals surface area contributed by atoms with Crippen molar-refractivity contribution in [3.63, 3.8) is 0 Å². The van der Waals surface area contributed by atoms with Crippen LogP contribution in [0.2, 0.25) is 0 Å². The molecule has 2 N–H and O–H groups in total. The van der Waals surface area contributed by atoms with E-state index in [1.165, 1.54) is 5.56 Å². The van der Waals surface area contributed by atoms with Crippen LogP contribution in [-0.4, -0.2) is 32.6 Å². The van der Waals surface area contributed by atoms with Gasteiger partial charge in [-0.3, -0.25) is 0 Å².